The fraction of sp³-hybridized carbons (Fsp3) is 0.143. The van der Waals surface area contributed by atoms with E-state index in [-0.39, 0.29) is 26.9 Å². The number of rotatable bonds is 1. The SMILES string of the molecule is C=Cc1cn(C)c(=O)nc1[NH-].[W]. The Morgan fingerprint density at radius 1 is 1.75 bits per heavy atom. The molecule has 1 aromatic heterocycles. The smallest absolute Gasteiger partial charge is 0.245 e. The van der Waals surface area contributed by atoms with Gasteiger partial charge in [-0.1, -0.05) is 18.5 Å². The predicted molar refractivity (Wildman–Crippen MR) is 43.6 cm³/mol. The summed E-state index contributed by atoms with van der Waals surface area (Å²) in [5, 5.41) is 0. The molecule has 0 aromatic carbocycles. The van der Waals surface area contributed by atoms with Gasteiger partial charge in [0.25, 0.3) is 0 Å². The monoisotopic (exact) mass is 334 g/mol. The van der Waals surface area contributed by atoms with E-state index < -0.39 is 5.69 Å². The Bertz CT molecular complexity index is 345. The van der Waals surface area contributed by atoms with Gasteiger partial charge in [-0.2, -0.15) is 0 Å². The van der Waals surface area contributed by atoms with Crippen molar-refractivity contribution in [3.8, 4) is 0 Å². The van der Waals surface area contributed by atoms with E-state index in [0.29, 0.717) is 5.56 Å². The van der Waals surface area contributed by atoms with Gasteiger partial charge in [-0.3, -0.25) is 4.79 Å². The molecule has 0 unspecified atom stereocenters. The molecule has 12 heavy (non-hydrogen) atoms. The van der Waals surface area contributed by atoms with E-state index in [2.05, 4.69) is 11.6 Å². The molecule has 0 aliphatic rings. The first-order valence-electron chi connectivity index (χ1n) is 3.07. The maximum absolute atomic E-state index is 10.8. The van der Waals surface area contributed by atoms with Crippen LogP contribution < -0.4 is 5.69 Å². The van der Waals surface area contributed by atoms with Gasteiger partial charge in [-0.15, -0.1) is 0 Å². The zero-order valence-corrected chi connectivity index (χ0v) is 9.51. The molecule has 0 radical (unpaired) electrons. The zero-order valence-electron chi connectivity index (χ0n) is 6.57. The standard InChI is InChI=1S/C7H9N3O.W/c1-3-5-4-10(2)7(11)9-6(5)8;/h3-4H,1H2,2H3,(H2,8,9,11);/p-1. The molecule has 64 valence electrons. The molecular formula is C7H8N3OW-. The Morgan fingerprint density at radius 2 is 2.33 bits per heavy atom. The Morgan fingerprint density at radius 3 is 2.83 bits per heavy atom. The van der Waals surface area contributed by atoms with E-state index in [0.717, 1.165) is 0 Å². The quantitative estimate of drug-likeness (QED) is 0.772. The molecule has 0 amide bonds. The minimum atomic E-state index is -0.416. The number of aromatic nitrogens is 2. The van der Waals surface area contributed by atoms with Crippen molar-refractivity contribution in [2.45, 2.75) is 0 Å². The number of nitrogens with zero attached hydrogens (tertiary/aromatic N) is 2. The minimum Gasteiger partial charge on any atom is -0.481 e. The van der Waals surface area contributed by atoms with Crippen LogP contribution in [-0.4, -0.2) is 9.55 Å². The molecule has 0 spiro atoms. The van der Waals surface area contributed by atoms with Crippen molar-refractivity contribution in [2.24, 2.45) is 7.05 Å². The molecule has 1 rings (SSSR count). The topological polar surface area (TPSA) is 58.7 Å². The Labute approximate surface area is 84.4 Å². The molecule has 0 fully saturated rings. The third-order valence-corrected chi connectivity index (χ3v) is 1.34. The van der Waals surface area contributed by atoms with Crippen molar-refractivity contribution >= 4 is 11.9 Å². The van der Waals surface area contributed by atoms with Crippen molar-refractivity contribution in [2.75, 3.05) is 0 Å². The molecule has 0 bridgehead atoms. The van der Waals surface area contributed by atoms with E-state index in [1.165, 1.54) is 16.8 Å². The maximum Gasteiger partial charge on any atom is 0.245 e. The summed E-state index contributed by atoms with van der Waals surface area (Å²) in [6, 6.07) is 0. The van der Waals surface area contributed by atoms with E-state index in [4.69, 9.17) is 5.73 Å². The summed E-state index contributed by atoms with van der Waals surface area (Å²) in [6.45, 7) is 3.49. The molecule has 4 nitrogen and oxygen atoms in total. The second kappa shape index (κ2) is 4.21. The van der Waals surface area contributed by atoms with Crippen LogP contribution in [0.4, 0.5) is 5.82 Å². The van der Waals surface area contributed by atoms with Gasteiger partial charge in [-0.25, -0.2) is 0 Å². The van der Waals surface area contributed by atoms with Crippen LogP contribution in [0.5, 0.6) is 0 Å². The molecule has 0 aliphatic heterocycles. The number of aryl methyl sites for hydroxylation is 1. The fourth-order valence-electron chi connectivity index (χ4n) is 0.713. The van der Waals surface area contributed by atoms with Gasteiger partial charge in [0, 0.05) is 34.3 Å². The molecule has 5 heteroatoms. The van der Waals surface area contributed by atoms with Crippen LogP contribution >= 0.6 is 0 Å². The van der Waals surface area contributed by atoms with Crippen LogP contribution in [0.15, 0.2) is 17.6 Å². The second-order valence-corrected chi connectivity index (χ2v) is 2.14. The zero-order chi connectivity index (χ0) is 8.43. The molecular weight excluding hydrogens is 326 g/mol. The summed E-state index contributed by atoms with van der Waals surface area (Å²) in [5.74, 6) is -0.0249. The van der Waals surface area contributed by atoms with E-state index in [1.54, 1.807) is 7.05 Å². The summed E-state index contributed by atoms with van der Waals surface area (Å²) in [5.41, 5.74) is 7.36. The maximum atomic E-state index is 10.8. The third kappa shape index (κ3) is 2.05. The summed E-state index contributed by atoms with van der Waals surface area (Å²) in [4.78, 5) is 14.3. The van der Waals surface area contributed by atoms with Crippen molar-refractivity contribution in [1.29, 1.82) is 0 Å². The van der Waals surface area contributed by atoms with Crippen molar-refractivity contribution in [3.05, 3.63) is 34.6 Å². The normalized spacial score (nSPS) is 8.75. The Hall–Kier alpha value is -0.892. The van der Waals surface area contributed by atoms with E-state index in [1.807, 2.05) is 0 Å². The molecule has 1 heterocycles. The summed E-state index contributed by atoms with van der Waals surface area (Å²) < 4.78 is 1.31. The molecule has 0 saturated carbocycles. The molecule has 0 saturated heterocycles. The predicted octanol–water partition coefficient (Wildman–Crippen LogP) is 1.10. The van der Waals surface area contributed by atoms with Gasteiger partial charge in [0.15, 0.2) is 0 Å². The third-order valence-electron chi connectivity index (χ3n) is 1.34. The van der Waals surface area contributed by atoms with Crippen LogP contribution in [0.1, 0.15) is 5.56 Å². The second-order valence-electron chi connectivity index (χ2n) is 2.14. The van der Waals surface area contributed by atoms with Crippen LogP contribution in [-0.2, 0) is 28.1 Å². The van der Waals surface area contributed by atoms with Gasteiger partial charge in [-0.05, 0) is 5.56 Å². The number of hydrogen-bond acceptors (Lipinski definition) is 2. The van der Waals surface area contributed by atoms with Crippen LogP contribution in [0.3, 0.4) is 0 Å². The van der Waals surface area contributed by atoms with Crippen molar-refractivity contribution in [1.82, 2.24) is 9.55 Å². The van der Waals surface area contributed by atoms with E-state index in [9.17, 15) is 4.79 Å². The van der Waals surface area contributed by atoms with Gasteiger partial charge in [0.2, 0.25) is 5.69 Å². The van der Waals surface area contributed by atoms with Gasteiger partial charge in [0.05, 0.1) is 0 Å². The van der Waals surface area contributed by atoms with Gasteiger partial charge in [0.1, 0.15) is 0 Å². The van der Waals surface area contributed by atoms with Crippen molar-refractivity contribution < 1.29 is 21.1 Å². The van der Waals surface area contributed by atoms with Crippen LogP contribution in [0, 0.1) is 0 Å². The largest absolute Gasteiger partial charge is 0.481 e. The molecule has 1 aromatic rings. The van der Waals surface area contributed by atoms with Crippen LogP contribution in [0.25, 0.3) is 11.8 Å². The first-order chi connectivity index (χ1) is 5.15. The Balaban J connectivity index is 0.00000121. The minimum absolute atomic E-state index is 0. The van der Waals surface area contributed by atoms with Gasteiger partial charge < -0.3 is 15.3 Å². The summed E-state index contributed by atoms with van der Waals surface area (Å²) in [7, 11) is 1.59. The average molecular weight is 334 g/mol. The molecule has 1 N–H and O–H groups in total. The molecule has 0 aliphatic carbocycles. The Kier molecular flexibility index (Phi) is 3.90. The van der Waals surface area contributed by atoms with Gasteiger partial charge >= 0.3 is 0 Å². The number of nitrogens with one attached hydrogen (secondary N) is 1. The average Bonchev–Trinajstić information content (AvgIpc) is 1.97. The molecule has 0 atom stereocenters. The van der Waals surface area contributed by atoms with Crippen molar-refractivity contribution in [3.63, 3.8) is 0 Å². The van der Waals surface area contributed by atoms with E-state index >= 15 is 0 Å². The first-order valence-corrected chi connectivity index (χ1v) is 3.07. The first kappa shape index (κ1) is 11.1. The summed E-state index contributed by atoms with van der Waals surface area (Å²) >= 11 is 0. The summed E-state index contributed by atoms with van der Waals surface area (Å²) in [6.07, 6.45) is 3.03. The fourth-order valence-corrected chi connectivity index (χ4v) is 0.713. The van der Waals surface area contributed by atoms with Crippen LogP contribution in [0.2, 0.25) is 0 Å². The number of hydrogen-bond donors (Lipinski definition) is 0.